The molecule has 60 valence electrons. The number of rotatable bonds is 0. The summed E-state index contributed by atoms with van der Waals surface area (Å²) in [6, 6.07) is 0. The van der Waals surface area contributed by atoms with Crippen LogP contribution in [0, 0.1) is 0 Å². The van der Waals surface area contributed by atoms with E-state index in [1.54, 1.807) is 0 Å². The van der Waals surface area contributed by atoms with Crippen molar-refractivity contribution < 1.29 is 19.4 Å². The summed E-state index contributed by atoms with van der Waals surface area (Å²) in [5, 5.41) is 6.89. The van der Waals surface area contributed by atoms with Gasteiger partial charge in [-0.05, 0) is 0 Å². The molecule has 1 aliphatic heterocycles. The minimum absolute atomic E-state index is 0.250. The normalized spacial score (nSPS) is 27.1. The Bertz CT molecular complexity index is 126. The van der Waals surface area contributed by atoms with E-state index in [9.17, 15) is 0 Å². The summed E-state index contributed by atoms with van der Waals surface area (Å²) >= 11 is 2.01. The molecule has 0 aromatic carbocycles. The van der Waals surface area contributed by atoms with Crippen molar-refractivity contribution in [1.29, 1.82) is 0 Å². The molecule has 1 N–H and O–H groups in total. The van der Waals surface area contributed by atoms with Crippen molar-refractivity contribution in [3.05, 3.63) is 0 Å². The Morgan fingerprint density at radius 2 is 2.18 bits per heavy atom. The molecule has 1 atom stereocenters. The van der Waals surface area contributed by atoms with Crippen molar-refractivity contribution in [1.82, 2.24) is 0 Å². The molecule has 1 heterocycles. The van der Waals surface area contributed by atoms with Crippen LogP contribution in [-0.4, -0.2) is 46.5 Å². The molecule has 0 aliphatic carbocycles. The van der Waals surface area contributed by atoms with Crippen molar-refractivity contribution >= 4 is 24.2 Å². The average Bonchev–Trinajstić information content (AvgIpc) is 2.11. The second-order valence-corrected chi connectivity index (χ2v) is 2.74. The summed E-state index contributed by atoms with van der Waals surface area (Å²) in [4.78, 5) is 8.36. The van der Waals surface area contributed by atoms with E-state index in [1.807, 2.05) is 31.6 Å². The molecule has 1 fully saturated rings. The van der Waals surface area contributed by atoms with E-state index in [4.69, 9.17) is 19.4 Å². The maximum absolute atomic E-state index is 8.36. The number of hydrogen-bond donors (Lipinski definition) is 1. The van der Waals surface area contributed by atoms with Crippen LogP contribution in [0.25, 0.3) is 0 Å². The number of carbonyl (C=O) groups is 1. The Hall–Kier alpha value is -0.0126. The zero-order chi connectivity index (χ0) is 8.91. The van der Waals surface area contributed by atoms with E-state index in [0.717, 1.165) is 6.61 Å². The van der Waals surface area contributed by atoms with Crippen LogP contribution in [0.2, 0.25) is 0 Å². The van der Waals surface area contributed by atoms with Crippen molar-refractivity contribution in [2.75, 3.05) is 6.61 Å². The van der Waals surface area contributed by atoms with Crippen LogP contribution in [0.3, 0.4) is 0 Å². The standard InChI is InChI=1S/C5H9O2.CH2O2.Li/c1-5(2)6-3-4-7-5;2-1-3;/h3H,4H2,1-2H3;1H,(H,2,3);. The van der Waals surface area contributed by atoms with Crippen LogP contribution in [0.1, 0.15) is 13.8 Å². The zero-order valence-corrected chi connectivity index (χ0v) is 7.03. The third-order valence-corrected chi connectivity index (χ3v) is 1.15. The molecule has 0 aromatic rings. The van der Waals surface area contributed by atoms with Crippen molar-refractivity contribution in [3.63, 3.8) is 0 Å². The first-order chi connectivity index (χ1) is 5.02. The van der Waals surface area contributed by atoms with Crippen LogP contribution in [0.5, 0.6) is 0 Å². The van der Waals surface area contributed by atoms with Gasteiger partial charge >= 0.3 is 58.2 Å². The van der Waals surface area contributed by atoms with Crippen molar-refractivity contribution in [3.8, 4) is 0 Å². The second-order valence-electron chi connectivity index (χ2n) is 2.74. The molecule has 1 rings (SSSR count). The molecule has 0 aromatic heterocycles. The van der Waals surface area contributed by atoms with Gasteiger partial charge in [-0.2, -0.15) is 0 Å². The molecular weight excluding hydrogens is 143 g/mol. The van der Waals surface area contributed by atoms with Gasteiger partial charge in [-0.1, -0.05) is 0 Å². The molecule has 0 saturated carbocycles. The average molecular weight is 154 g/mol. The van der Waals surface area contributed by atoms with E-state index >= 15 is 0 Å². The van der Waals surface area contributed by atoms with E-state index < -0.39 is 0 Å². The van der Waals surface area contributed by atoms with Gasteiger partial charge in [0, 0.05) is 0 Å². The Kier molecular flexibility index (Phi) is 4.78. The van der Waals surface area contributed by atoms with Gasteiger partial charge in [0.2, 0.25) is 0 Å². The van der Waals surface area contributed by atoms with Gasteiger partial charge in [-0.3, -0.25) is 4.79 Å². The molecule has 0 unspecified atom stereocenters. The summed E-state index contributed by atoms with van der Waals surface area (Å²) in [6.07, 6.45) is 0. The van der Waals surface area contributed by atoms with E-state index in [1.165, 1.54) is 0 Å². The monoisotopic (exact) mass is 154 g/mol. The van der Waals surface area contributed by atoms with Crippen LogP contribution >= 0.6 is 0 Å². The van der Waals surface area contributed by atoms with Crippen molar-refractivity contribution in [2.45, 2.75) is 24.4 Å². The molecule has 4 nitrogen and oxygen atoms in total. The maximum atomic E-state index is 8.36. The summed E-state index contributed by atoms with van der Waals surface area (Å²) < 4.78 is 10.8. The second kappa shape index (κ2) is 4.78. The molecule has 1 aliphatic rings. The van der Waals surface area contributed by atoms with Crippen LogP contribution in [-0.2, 0) is 14.3 Å². The van der Waals surface area contributed by atoms with Gasteiger partial charge in [0.15, 0.2) is 0 Å². The summed E-state index contributed by atoms with van der Waals surface area (Å²) in [7, 11) is 0. The number of carboxylic acid groups (broad SMARTS) is 1. The molecular formula is C6H11LiO4. The predicted molar refractivity (Wildman–Crippen MR) is 39.4 cm³/mol. The Labute approximate surface area is 75.1 Å². The summed E-state index contributed by atoms with van der Waals surface area (Å²) in [5.41, 5.74) is 0. The van der Waals surface area contributed by atoms with Gasteiger partial charge in [0.05, 0.1) is 0 Å². The third kappa shape index (κ3) is 5.28. The SMILES string of the molecule is O=CO.[Li][C@H]1COC(C)(C)O1. The van der Waals surface area contributed by atoms with Gasteiger partial charge in [0.1, 0.15) is 0 Å². The van der Waals surface area contributed by atoms with E-state index in [0.29, 0.717) is 0 Å². The fraction of sp³-hybridized carbons (Fsp3) is 0.833. The molecule has 11 heavy (non-hydrogen) atoms. The molecule has 0 amide bonds. The van der Waals surface area contributed by atoms with Crippen LogP contribution in [0.4, 0.5) is 0 Å². The van der Waals surface area contributed by atoms with Crippen LogP contribution < -0.4 is 0 Å². The molecule has 0 spiro atoms. The number of hydrogen-bond acceptors (Lipinski definition) is 3. The first-order valence-electron chi connectivity index (χ1n) is 3.41. The first kappa shape index (κ1) is 11.0. The van der Waals surface area contributed by atoms with E-state index in [-0.39, 0.29) is 17.0 Å². The molecule has 0 radical (unpaired) electrons. The van der Waals surface area contributed by atoms with Gasteiger partial charge in [-0.25, -0.2) is 0 Å². The predicted octanol–water partition coefficient (Wildman–Crippen LogP) is -0.0353. The molecule has 1 saturated heterocycles. The van der Waals surface area contributed by atoms with Crippen molar-refractivity contribution in [2.24, 2.45) is 0 Å². The van der Waals surface area contributed by atoms with Gasteiger partial charge in [-0.15, -0.1) is 0 Å². The Balaban J connectivity index is 0.000000292. The fourth-order valence-electron chi connectivity index (χ4n) is 0.871. The topological polar surface area (TPSA) is 55.8 Å². The van der Waals surface area contributed by atoms with Gasteiger partial charge < -0.3 is 5.11 Å². The zero-order valence-electron chi connectivity index (χ0n) is 7.03. The first-order valence-corrected chi connectivity index (χ1v) is 3.41. The molecule has 0 bridgehead atoms. The Morgan fingerprint density at radius 1 is 1.73 bits per heavy atom. The summed E-state index contributed by atoms with van der Waals surface area (Å²) in [5.74, 6) is -0.334. The van der Waals surface area contributed by atoms with Crippen LogP contribution in [0.15, 0.2) is 0 Å². The Morgan fingerprint density at radius 3 is 2.27 bits per heavy atom. The van der Waals surface area contributed by atoms with E-state index in [2.05, 4.69) is 0 Å². The minimum atomic E-state index is -0.334. The molecule has 5 heteroatoms. The third-order valence-electron chi connectivity index (χ3n) is 1.15. The fourth-order valence-corrected chi connectivity index (χ4v) is 0.871. The quantitative estimate of drug-likeness (QED) is 0.393. The summed E-state index contributed by atoms with van der Waals surface area (Å²) in [6.45, 7) is 4.33. The van der Waals surface area contributed by atoms with Gasteiger partial charge in [0.25, 0.3) is 6.47 Å². The number of ether oxygens (including phenoxy) is 2.